The van der Waals surface area contributed by atoms with Gasteiger partial charge in [0.15, 0.2) is 5.82 Å². The summed E-state index contributed by atoms with van der Waals surface area (Å²) in [6, 6.07) is 9.81. The molecule has 2 aromatic carbocycles. The molecule has 1 aliphatic rings. The zero-order valence-electron chi connectivity index (χ0n) is 20.4. The molecule has 4 rings (SSSR count). The first-order chi connectivity index (χ1) is 16.3. The summed E-state index contributed by atoms with van der Waals surface area (Å²) in [7, 11) is 4.01. The molecule has 1 aromatic heterocycles. The molecule has 0 spiro atoms. The standard InChI is InChI=1S/C26H34N4O4/c1-17(2)21-15-22(24(32)16-23(21)31)25-27-28-26(34-13-12-33-11-10-29(3)4)30(25)20-9-8-18-6-5-7-19(18)14-20/h8-9,14-17,31-32H,5-7,10-13H2,1-4H3. The molecule has 8 nitrogen and oxygen atoms in total. The smallest absolute Gasteiger partial charge is 0.322 e. The molecule has 0 atom stereocenters. The van der Waals surface area contributed by atoms with Crippen molar-refractivity contribution in [2.24, 2.45) is 0 Å². The predicted molar refractivity (Wildman–Crippen MR) is 131 cm³/mol. The summed E-state index contributed by atoms with van der Waals surface area (Å²) in [5.74, 6) is 0.535. The lowest BCUT2D eigenvalue weighted by molar-refractivity contribution is 0.0855. The van der Waals surface area contributed by atoms with E-state index in [4.69, 9.17) is 9.47 Å². The lowest BCUT2D eigenvalue weighted by Gasteiger charge is -2.15. The highest BCUT2D eigenvalue weighted by Gasteiger charge is 2.23. The second-order valence-electron chi connectivity index (χ2n) is 9.30. The normalized spacial score (nSPS) is 13.1. The van der Waals surface area contributed by atoms with Crippen LogP contribution in [0.5, 0.6) is 17.5 Å². The van der Waals surface area contributed by atoms with Crippen LogP contribution in [0.1, 0.15) is 42.9 Å². The average Bonchev–Trinajstić information content (AvgIpc) is 3.42. The highest BCUT2D eigenvalue weighted by atomic mass is 16.5. The number of aryl methyl sites for hydroxylation is 2. The Morgan fingerprint density at radius 2 is 1.76 bits per heavy atom. The number of phenols is 2. The van der Waals surface area contributed by atoms with Crippen molar-refractivity contribution in [2.75, 3.05) is 40.5 Å². The molecule has 1 heterocycles. The first-order valence-electron chi connectivity index (χ1n) is 11.8. The van der Waals surface area contributed by atoms with Gasteiger partial charge in [-0.15, -0.1) is 5.10 Å². The van der Waals surface area contributed by atoms with Crippen LogP contribution in [0.25, 0.3) is 17.1 Å². The third-order valence-electron chi connectivity index (χ3n) is 6.12. The summed E-state index contributed by atoms with van der Waals surface area (Å²) in [5.41, 5.74) is 4.78. The van der Waals surface area contributed by atoms with Gasteiger partial charge in [0.25, 0.3) is 0 Å². The molecular formula is C26H34N4O4. The van der Waals surface area contributed by atoms with Gasteiger partial charge < -0.3 is 24.6 Å². The van der Waals surface area contributed by atoms with Gasteiger partial charge in [0.2, 0.25) is 0 Å². The number of phenolic OH excluding ortho intramolecular Hbond substituents is 2. The van der Waals surface area contributed by atoms with E-state index in [-0.39, 0.29) is 17.4 Å². The van der Waals surface area contributed by atoms with Crippen molar-refractivity contribution in [1.82, 2.24) is 19.7 Å². The molecule has 0 unspecified atom stereocenters. The SMILES string of the molecule is CC(C)c1cc(-c2nnc(OCCOCCN(C)C)n2-c2ccc3c(c2)CCC3)c(O)cc1O. The summed E-state index contributed by atoms with van der Waals surface area (Å²) in [5, 5.41) is 29.7. The van der Waals surface area contributed by atoms with Crippen molar-refractivity contribution in [2.45, 2.75) is 39.0 Å². The van der Waals surface area contributed by atoms with E-state index in [1.54, 1.807) is 6.07 Å². The van der Waals surface area contributed by atoms with Gasteiger partial charge in [-0.3, -0.25) is 0 Å². The number of rotatable bonds is 10. The summed E-state index contributed by atoms with van der Waals surface area (Å²) in [6.07, 6.45) is 3.28. The Morgan fingerprint density at radius 3 is 2.53 bits per heavy atom. The fourth-order valence-electron chi connectivity index (χ4n) is 4.24. The first-order valence-corrected chi connectivity index (χ1v) is 11.8. The second-order valence-corrected chi connectivity index (χ2v) is 9.30. The van der Waals surface area contributed by atoms with Gasteiger partial charge in [0.05, 0.1) is 24.5 Å². The fraction of sp³-hybridized carbons (Fsp3) is 0.462. The van der Waals surface area contributed by atoms with Gasteiger partial charge >= 0.3 is 6.01 Å². The summed E-state index contributed by atoms with van der Waals surface area (Å²) < 4.78 is 13.5. The van der Waals surface area contributed by atoms with E-state index in [9.17, 15) is 10.2 Å². The maximum atomic E-state index is 10.7. The van der Waals surface area contributed by atoms with E-state index in [2.05, 4.69) is 27.2 Å². The van der Waals surface area contributed by atoms with Crippen LogP contribution in [0, 0.1) is 0 Å². The van der Waals surface area contributed by atoms with E-state index >= 15 is 0 Å². The molecule has 3 aromatic rings. The number of ether oxygens (including phenoxy) is 2. The van der Waals surface area contributed by atoms with Crippen LogP contribution in [0.4, 0.5) is 0 Å². The number of hydrogen-bond donors (Lipinski definition) is 2. The molecule has 182 valence electrons. The van der Waals surface area contributed by atoms with Crippen LogP contribution in [-0.4, -0.2) is 70.3 Å². The molecule has 0 fully saturated rings. The van der Waals surface area contributed by atoms with Gasteiger partial charge in [-0.1, -0.05) is 25.0 Å². The largest absolute Gasteiger partial charge is 0.508 e. The van der Waals surface area contributed by atoms with Crippen molar-refractivity contribution < 1.29 is 19.7 Å². The Labute approximate surface area is 200 Å². The number of hydrogen-bond acceptors (Lipinski definition) is 7. The quantitative estimate of drug-likeness (QED) is 0.438. The maximum Gasteiger partial charge on any atom is 0.322 e. The molecule has 0 amide bonds. The van der Waals surface area contributed by atoms with Crippen LogP contribution in [0.3, 0.4) is 0 Å². The fourth-order valence-corrected chi connectivity index (χ4v) is 4.24. The number of likely N-dealkylation sites (N-methyl/N-ethyl adjacent to an activating group) is 1. The van der Waals surface area contributed by atoms with Crippen molar-refractivity contribution >= 4 is 0 Å². The monoisotopic (exact) mass is 466 g/mol. The number of aromatic hydroxyl groups is 2. The molecule has 0 bridgehead atoms. The molecule has 8 heteroatoms. The lowest BCUT2D eigenvalue weighted by Crippen LogP contribution is -2.19. The Morgan fingerprint density at radius 1 is 0.971 bits per heavy atom. The van der Waals surface area contributed by atoms with Gasteiger partial charge in [-0.05, 0) is 74.2 Å². The van der Waals surface area contributed by atoms with Gasteiger partial charge in [-0.25, -0.2) is 4.57 Å². The summed E-state index contributed by atoms with van der Waals surface area (Å²) >= 11 is 0. The Bertz CT molecular complexity index is 1140. The molecule has 2 N–H and O–H groups in total. The van der Waals surface area contributed by atoms with Crippen LogP contribution in [0.2, 0.25) is 0 Å². The maximum absolute atomic E-state index is 10.7. The van der Waals surface area contributed by atoms with Crippen LogP contribution >= 0.6 is 0 Å². The molecule has 1 aliphatic carbocycles. The molecule has 0 saturated heterocycles. The minimum absolute atomic E-state index is 0.0599. The van der Waals surface area contributed by atoms with Crippen molar-refractivity contribution in [3.63, 3.8) is 0 Å². The number of benzene rings is 2. The van der Waals surface area contributed by atoms with Crippen molar-refractivity contribution in [3.05, 3.63) is 47.0 Å². The zero-order chi connectivity index (χ0) is 24.2. The van der Waals surface area contributed by atoms with Crippen molar-refractivity contribution in [1.29, 1.82) is 0 Å². The number of fused-ring (bicyclic) bond motifs is 1. The van der Waals surface area contributed by atoms with E-state index < -0.39 is 0 Å². The summed E-state index contributed by atoms with van der Waals surface area (Å²) in [6.45, 7) is 6.21. The van der Waals surface area contributed by atoms with E-state index in [0.717, 1.165) is 37.1 Å². The van der Waals surface area contributed by atoms with E-state index in [1.807, 2.05) is 38.6 Å². The van der Waals surface area contributed by atoms with E-state index in [0.29, 0.717) is 37.2 Å². The minimum atomic E-state index is -0.0599. The second kappa shape index (κ2) is 10.4. The van der Waals surface area contributed by atoms with Gasteiger partial charge in [-0.2, -0.15) is 0 Å². The summed E-state index contributed by atoms with van der Waals surface area (Å²) in [4.78, 5) is 2.06. The molecule has 0 saturated carbocycles. The average molecular weight is 467 g/mol. The molecular weight excluding hydrogens is 432 g/mol. The Kier molecular flexibility index (Phi) is 7.38. The first kappa shape index (κ1) is 24.0. The lowest BCUT2D eigenvalue weighted by atomic mass is 9.98. The number of nitrogens with zero attached hydrogens (tertiary/aromatic N) is 4. The predicted octanol–water partition coefficient (Wildman–Crippen LogP) is 3.91. The highest BCUT2D eigenvalue weighted by molar-refractivity contribution is 5.70. The van der Waals surface area contributed by atoms with Crippen molar-refractivity contribution in [3.8, 4) is 34.6 Å². The highest BCUT2D eigenvalue weighted by Crippen LogP contribution is 2.39. The van der Waals surface area contributed by atoms with Gasteiger partial charge in [0, 0.05) is 12.6 Å². The van der Waals surface area contributed by atoms with Gasteiger partial charge in [0.1, 0.15) is 18.1 Å². The van der Waals surface area contributed by atoms with Crippen LogP contribution < -0.4 is 4.74 Å². The molecule has 34 heavy (non-hydrogen) atoms. The molecule has 0 radical (unpaired) electrons. The third kappa shape index (κ3) is 5.18. The Hall–Kier alpha value is -3.10. The van der Waals surface area contributed by atoms with Crippen LogP contribution in [-0.2, 0) is 17.6 Å². The Balaban J connectivity index is 1.68. The molecule has 0 aliphatic heterocycles. The zero-order valence-corrected chi connectivity index (χ0v) is 20.4. The van der Waals surface area contributed by atoms with E-state index in [1.165, 1.54) is 17.2 Å². The van der Waals surface area contributed by atoms with Crippen LogP contribution in [0.15, 0.2) is 30.3 Å². The topological polar surface area (TPSA) is 92.9 Å². The minimum Gasteiger partial charge on any atom is -0.508 e. The third-order valence-corrected chi connectivity index (χ3v) is 6.12. The number of aromatic nitrogens is 3.